The molecule has 0 atom stereocenters. The van der Waals surface area contributed by atoms with Crippen molar-refractivity contribution in [3.63, 3.8) is 0 Å². The lowest BCUT2D eigenvalue weighted by atomic mass is 10.2. The zero-order valence-corrected chi connectivity index (χ0v) is 16.5. The van der Waals surface area contributed by atoms with E-state index in [2.05, 4.69) is 15.5 Å². The van der Waals surface area contributed by atoms with Crippen LogP contribution in [0.15, 0.2) is 53.7 Å². The maximum atomic E-state index is 12.4. The Kier molecular flexibility index (Phi) is 6.36. The number of anilines is 1. The molecular weight excluding hydrogens is 384 g/mol. The Balaban J connectivity index is 1.62. The number of amides is 1. The van der Waals surface area contributed by atoms with Crippen molar-refractivity contribution < 1.29 is 9.53 Å². The summed E-state index contributed by atoms with van der Waals surface area (Å²) in [6.45, 7) is 0. The van der Waals surface area contributed by atoms with Crippen molar-refractivity contribution in [1.29, 1.82) is 0 Å². The first-order valence-corrected chi connectivity index (χ1v) is 9.61. The first kappa shape index (κ1) is 19.3. The van der Waals surface area contributed by atoms with Gasteiger partial charge >= 0.3 is 0 Å². The number of hydrogen-bond acceptors (Lipinski definition) is 5. The molecule has 3 aromatic rings. The van der Waals surface area contributed by atoms with Gasteiger partial charge in [0.2, 0.25) is 5.91 Å². The highest BCUT2D eigenvalue weighted by Crippen LogP contribution is 2.24. The van der Waals surface area contributed by atoms with Gasteiger partial charge in [0.25, 0.3) is 0 Å². The molecule has 1 N–H and O–H groups in total. The zero-order valence-electron chi connectivity index (χ0n) is 15.0. The van der Waals surface area contributed by atoms with Gasteiger partial charge in [-0.3, -0.25) is 4.79 Å². The van der Waals surface area contributed by atoms with Gasteiger partial charge in [-0.15, -0.1) is 10.2 Å². The molecule has 27 heavy (non-hydrogen) atoms. The lowest BCUT2D eigenvalue weighted by molar-refractivity contribution is -0.115. The highest BCUT2D eigenvalue weighted by molar-refractivity contribution is 7.98. The van der Waals surface area contributed by atoms with Gasteiger partial charge in [0.15, 0.2) is 5.16 Å². The lowest BCUT2D eigenvalue weighted by Crippen LogP contribution is -2.17. The van der Waals surface area contributed by atoms with Crippen LogP contribution >= 0.6 is 23.4 Å². The lowest BCUT2D eigenvalue weighted by Gasteiger charge is -2.09. The van der Waals surface area contributed by atoms with Gasteiger partial charge < -0.3 is 14.6 Å². The van der Waals surface area contributed by atoms with Gasteiger partial charge in [0.1, 0.15) is 11.6 Å². The molecule has 1 amide bonds. The molecule has 140 valence electrons. The first-order valence-electron chi connectivity index (χ1n) is 8.25. The number of thioether (sulfide) groups is 1. The third-order valence-corrected chi connectivity index (χ3v) is 5.21. The summed E-state index contributed by atoms with van der Waals surface area (Å²) < 4.78 is 7.08. The van der Waals surface area contributed by atoms with Crippen molar-refractivity contribution in [2.45, 2.75) is 17.3 Å². The summed E-state index contributed by atoms with van der Waals surface area (Å²) in [6, 6.07) is 15.0. The van der Waals surface area contributed by atoms with Crippen molar-refractivity contribution in [3.05, 3.63) is 64.9 Å². The highest BCUT2D eigenvalue weighted by atomic mass is 35.5. The summed E-state index contributed by atoms with van der Waals surface area (Å²) in [5.41, 5.74) is 1.73. The molecule has 0 saturated carbocycles. The van der Waals surface area contributed by atoms with Gasteiger partial charge in [0, 0.05) is 17.8 Å². The summed E-state index contributed by atoms with van der Waals surface area (Å²) in [7, 11) is 3.42. The maximum Gasteiger partial charge on any atom is 0.232 e. The molecule has 0 bridgehead atoms. The number of hydrogen-bond donors (Lipinski definition) is 1. The van der Waals surface area contributed by atoms with E-state index in [1.54, 1.807) is 31.0 Å². The molecular formula is C19H19ClN4O2S. The largest absolute Gasteiger partial charge is 0.495 e. The van der Waals surface area contributed by atoms with Crippen LogP contribution < -0.4 is 10.1 Å². The van der Waals surface area contributed by atoms with E-state index in [4.69, 9.17) is 16.3 Å². The summed E-state index contributed by atoms with van der Waals surface area (Å²) in [5.74, 6) is 1.75. The quantitative estimate of drug-likeness (QED) is 0.606. The molecule has 1 aromatic heterocycles. The smallest absolute Gasteiger partial charge is 0.232 e. The van der Waals surface area contributed by atoms with Crippen molar-refractivity contribution in [3.8, 4) is 5.75 Å². The third-order valence-electron chi connectivity index (χ3n) is 3.88. The van der Waals surface area contributed by atoms with Crippen molar-refractivity contribution in [2.75, 3.05) is 12.4 Å². The fourth-order valence-electron chi connectivity index (χ4n) is 2.49. The number of methoxy groups -OCH3 is 1. The van der Waals surface area contributed by atoms with Gasteiger partial charge in [-0.1, -0.05) is 47.6 Å². The average Bonchev–Trinajstić information content (AvgIpc) is 3.00. The standard InChI is InChI=1S/C19H19ClN4O2S/c1-24-17(11-18(25)21-15-8-3-4-9-16(15)26-2)22-23-19(24)27-12-13-6-5-7-14(20)10-13/h3-10H,11-12H2,1-2H3,(H,21,25). The minimum Gasteiger partial charge on any atom is -0.495 e. The Morgan fingerprint density at radius 2 is 2.04 bits per heavy atom. The summed E-state index contributed by atoms with van der Waals surface area (Å²) in [6.07, 6.45) is 0.124. The van der Waals surface area contributed by atoms with Crippen LogP contribution in [0, 0.1) is 0 Å². The van der Waals surface area contributed by atoms with E-state index in [9.17, 15) is 4.79 Å². The number of aromatic nitrogens is 3. The first-order chi connectivity index (χ1) is 13.1. The second-order valence-electron chi connectivity index (χ2n) is 5.80. The Morgan fingerprint density at radius 1 is 1.22 bits per heavy atom. The van der Waals surface area contributed by atoms with E-state index >= 15 is 0 Å². The molecule has 2 aromatic carbocycles. The number of carbonyl (C=O) groups is 1. The number of nitrogens with one attached hydrogen (secondary N) is 1. The Bertz CT molecular complexity index is 945. The van der Waals surface area contributed by atoms with Gasteiger partial charge in [-0.05, 0) is 29.8 Å². The minimum atomic E-state index is -0.179. The second-order valence-corrected chi connectivity index (χ2v) is 7.18. The summed E-state index contributed by atoms with van der Waals surface area (Å²) in [4.78, 5) is 12.4. The van der Waals surface area contributed by atoms with Crippen LogP contribution in [0.25, 0.3) is 0 Å². The maximum absolute atomic E-state index is 12.4. The van der Waals surface area contributed by atoms with Crippen molar-refractivity contribution in [2.24, 2.45) is 7.05 Å². The molecule has 1 heterocycles. The SMILES string of the molecule is COc1ccccc1NC(=O)Cc1nnc(SCc2cccc(Cl)c2)n1C. The molecule has 0 aliphatic heterocycles. The minimum absolute atomic E-state index is 0.124. The van der Waals surface area contributed by atoms with E-state index < -0.39 is 0 Å². The number of halogens is 1. The Morgan fingerprint density at radius 3 is 2.81 bits per heavy atom. The van der Waals surface area contributed by atoms with Crippen LogP contribution in [-0.4, -0.2) is 27.8 Å². The van der Waals surface area contributed by atoms with Crippen LogP contribution in [0.4, 0.5) is 5.69 Å². The molecule has 0 aliphatic carbocycles. The molecule has 0 fully saturated rings. The van der Waals surface area contributed by atoms with Crippen LogP contribution in [0.2, 0.25) is 5.02 Å². The zero-order chi connectivity index (χ0) is 19.2. The van der Waals surface area contributed by atoms with Crippen LogP contribution in [-0.2, 0) is 24.0 Å². The van der Waals surface area contributed by atoms with Crippen LogP contribution in [0.1, 0.15) is 11.4 Å². The number of nitrogens with zero attached hydrogens (tertiary/aromatic N) is 3. The predicted molar refractivity (Wildman–Crippen MR) is 107 cm³/mol. The molecule has 8 heteroatoms. The monoisotopic (exact) mass is 402 g/mol. The Hall–Kier alpha value is -2.51. The van der Waals surface area contributed by atoms with Crippen molar-refractivity contribution >= 4 is 35.0 Å². The van der Waals surface area contributed by atoms with Crippen molar-refractivity contribution in [1.82, 2.24) is 14.8 Å². The fourth-order valence-corrected chi connectivity index (χ4v) is 3.57. The van der Waals surface area contributed by atoms with E-state index in [1.165, 1.54) is 0 Å². The van der Waals surface area contributed by atoms with Gasteiger partial charge in [-0.2, -0.15) is 0 Å². The van der Waals surface area contributed by atoms with Gasteiger partial charge in [-0.25, -0.2) is 0 Å². The topological polar surface area (TPSA) is 69.0 Å². The van der Waals surface area contributed by atoms with Crippen LogP contribution in [0.5, 0.6) is 5.75 Å². The fraction of sp³-hybridized carbons (Fsp3) is 0.211. The number of carbonyl (C=O) groups excluding carboxylic acids is 1. The number of ether oxygens (including phenoxy) is 1. The molecule has 0 aliphatic rings. The number of benzene rings is 2. The third kappa shape index (κ3) is 5.02. The van der Waals surface area contributed by atoms with E-state index in [0.717, 1.165) is 16.5 Å². The number of rotatable bonds is 7. The predicted octanol–water partition coefficient (Wildman–Crippen LogP) is 3.95. The summed E-state index contributed by atoms with van der Waals surface area (Å²) in [5, 5.41) is 12.6. The average molecular weight is 403 g/mol. The van der Waals surface area contributed by atoms with E-state index in [1.807, 2.05) is 48.0 Å². The molecule has 6 nitrogen and oxygen atoms in total. The molecule has 0 radical (unpaired) electrons. The Labute approximate surface area is 166 Å². The summed E-state index contributed by atoms with van der Waals surface area (Å²) >= 11 is 7.56. The normalized spacial score (nSPS) is 10.6. The van der Waals surface area contributed by atoms with E-state index in [0.29, 0.717) is 22.3 Å². The molecule has 3 rings (SSSR count). The second kappa shape index (κ2) is 8.92. The van der Waals surface area contributed by atoms with E-state index in [-0.39, 0.29) is 12.3 Å². The highest BCUT2D eigenvalue weighted by Gasteiger charge is 2.14. The van der Waals surface area contributed by atoms with Crippen LogP contribution in [0.3, 0.4) is 0 Å². The molecule has 0 spiro atoms. The molecule has 0 unspecified atom stereocenters. The molecule has 0 saturated heterocycles. The van der Waals surface area contributed by atoms with Gasteiger partial charge in [0.05, 0.1) is 19.2 Å². The number of para-hydroxylation sites is 2.